The van der Waals surface area contributed by atoms with E-state index in [-0.39, 0.29) is 0 Å². The van der Waals surface area contributed by atoms with E-state index < -0.39 is 0 Å². The van der Waals surface area contributed by atoms with Crippen LogP contribution >= 0.6 is 0 Å². The standard InChI is InChI=1S/C16H23N3/c1-13-10-15(7-6-14(13)11-17)19(4)12-16(18(2)3)8-5-9-16/h6-7,10H,5,8-9,12H2,1-4H3. The zero-order chi connectivity index (χ0) is 14.0. The highest BCUT2D eigenvalue weighted by molar-refractivity contribution is 5.53. The van der Waals surface area contributed by atoms with Gasteiger partial charge in [-0.05, 0) is 64.0 Å². The summed E-state index contributed by atoms with van der Waals surface area (Å²) in [7, 11) is 6.50. The van der Waals surface area contributed by atoms with Crippen molar-refractivity contribution in [3.8, 4) is 6.07 Å². The summed E-state index contributed by atoms with van der Waals surface area (Å²) in [6.07, 6.45) is 3.89. The van der Waals surface area contributed by atoms with E-state index in [1.807, 2.05) is 19.1 Å². The third-order valence-electron chi connectivity index (χ3n) is 4.54. The lowest BCUT2D eigenvalue weighted by Crippen LogP contribution is -2.56. The summed E-state index contributed by atoms with van der Waals surface area (Å²) in [6.45, 7) is 3.05. The average Bonchev–Trinajstić information content (AvgIpc) is 2.32. The smallest absolute Gasteiger partial charge is 0.0994 e. The lowest BCUT2D eigenvalue weighted by molar-refractivity contribution is 0.0683. The van der Waals surface area contributed by atoms with E-state index in [1.165, 1.54) is 24.9 Å². The fourth-order valence-electron chi connectivity index (χ4n) is 2.88. The molecular weight excluding hydrogens is 234 g/mol. The van der Waals surface area contributed by atoms with Crippen molar-refractivity contribution in [1.29, 1.82) is 5.26 Å². The van der Waals surface area contributed by atoms with Crippen molar-refractivity contribution in [1.82, 2.24) is 4.90 Å². The summed E-state index contributed by atoms with van der Waals surface area (Å²) >= 11 is 0. The molecule has 2 rings (SSSR count). The summed E-state index contributed by atoms with van der Waals surface area (Å²) in [5, 5.41) is 8.98. The minimum atomic E-state index is 0.330. The van der Waals surface area contributed by atoms with E-state index in [2.05, 4.69) is 43.1 Å². The van der Waals surface area contributed by atoms with Crippen molar-refractivity contribution in [3.63, 3.8) is 0 Å². The second kappa shape index (κ2) is 5.22. The number of rotatable bonds is 4. The molecule has 3 heteroatoms. The zero-order valence-corrected chi connectivity index (χ0v) is 12.4. The van der Waals surface area contributed by atoms with Crippen molar-refractivity contribution in [2.75, 3.05) is 32.6 Å². The molecule has 3 nitrogen and oxygen atoms in total. The van der Waals surface area contributed by atoms with E-state index >= 15 is 0 Å². The number of aryl methyl sites for hydroxylation is 1. The first-order valence-corrected chi connectivity index (χ1v) is 6.88. The van der Waals surface area contributed by atoms with E-state index in [9.17, 15) is 0 Å². The second-order valence-electron chi connectivity index (χ2n) is 5.94. The highest BCUT2D eigenvalue weighted by Crippen LogP contribution is 2.37. The largest absolute Gasteiger partial charge is 0.373 e. The molecule has 0 N–H and O–H groups in total. The molecule has 0 saturated heterocycles. The van der Waals surface area contributed by atoms with Crippen LogP contribution in [-0.4, -0.2) is 38.1 Å². The van der Waals surface area contributed by atoms with Crippen molar-refractivity contribution in [2.45, 2.75) is 31.7 Å². The molecule has 0 unspecified atom stereocenters. The lowest BCUT2D eigenvalue weighted by atomic mass is 9.75. The van der Waals surface area contributed by atoms with Crippen molar-refractivity contribution >= 4 is 5.69 Å². The molecule has 1 aliphatic rings. The first kappa shape index (κ1) is 13.9. The highest BCUT2D eigenvalue weighted by atomic mass is 15.2. The van der Waals surface area contributed by atoms with Gasteiger partial charge in [-0.15, -0.1) is 0 Å². The topological polar surface area (TPSA) is 30.3 Å². The summed E-state index contributed by atoms with van der Waals surface area (Å²) in [5.74, 6) is 0. The number of nitrogens with zero attached hydrogens (tertiary/aromatic N) is 3. The molecule has 1 aromatic rings. The Morgan fingerprint density at radius 1 is 1.26 bits per heavy atom. The van der Waals surface area contributed by atoms with Crippen LogP contribution in [0.15, 0.2) is 18.2 Å². The molecule has 0 spiro atoms. The van der Waals surface area contributed by atoms with Gasteiger partial charge in [0.05, 0.1) is 11.6 Å². The normalized spacial score (nSPS) is 16.8. The van der Waals surface area contributed by atoms with Crippen LogP contribution in [0, 0.1) is 18.3 Å². The summed E-state index contributed by atoms with van der Waals surface area (Å²) in [4.78, 5) is 4.68. The molecule has 1 aliphatic carbocycles. The minimum Gasteiger partial charge on any atom is -0.373 e. The Morgan fingerprint density at radius 2 is 1.95 bits per heavy atom. The van der Waals surface area contributed by atoms with Crippen LogP contribution in [0.1, 0.15) is 30.4 Å². The highest BCUT2D eigenvalue weighted by Gasteiger charge is 2.39. The molecule has 19 heavy (non-hydrogen) atoms. The van der Waals surface area contributed by atoms with Crippen LogP contribution in [-0.2, 0) is 0 Å². The summed E-state index contributed by atoms with van der Waals surface area (Å²) in [6, 6.07) is 8.31. The molecule has 0 bridgehead atoms. The molecule has 1 fully saturated rings. The van der Waals surface area contributed by atoms with E-state index in [4.69, 9.17) is 5.26 Å². The third kappa shape index (κ3) is 2.59. The van der Waals surface area contributed by atoms with Crippen molar-refractivity contribution in [2.24, 2.45) is 0 Å². The Kier molecular flexibility index (Phi) is 3.82. The average molecular weight is 257 g/mol. The van der Waals surface area contributed by atoms with Gasteiger partial charge in [-0.3, -0.25) is 0 Å². The molecule has 1 aromatic carbocycles. The van der Waals surface area contributed by atoms with Crippen LogP contribution in [0.4, 0.5) is 5.69 Å². The fourth-order valence-corrected chi connectivity index (χ4v) is 2.88. The molecule has 0 heterocycles. The monoisotopic (exact) mass is 257 g/mol. The summed E-state index contributed by atoms with van der Waals surface area (Å²) < 4.78 is 0. The Bertz CT molecular complexity index is 495. The second-order valence-corrected chi connectivity index (χ2v) is 5.94. The first-order valence-electron chi connectivity index (χ1n) is 6.88. The number of anilines is 1. The Balaban J connectivity index is 2.14. The van der Waals surface area contributed by atoms with Gasteiger partial charge >= 0.3 is 0 Å². The van der Waals surface area contributed by atoms with Gasteiger partial charge < -0.3 is 9.80 Å². The lowest BCUT2D eigenvalue weighted by Gasteiger charge is -2.49. The molecule has 0 aromatic heterocycles. The molecule has 0 amide bonds. The maximum Gasteiger partial charge on any atom is 0.0994 e. The van der Waals surface area contributed by atoms with Crippen molar-refractivity contribution < 1.29 is 0 Å². The predicted molar refractivity (Wildman–Crippen MR) is 79.4 cm³/mol. The molecule has 0 atom stereocenters. The summed E-state index contributed by atoms with van der Waals surface area (Å²) in [5.41, 5.74) is 3.35. The number of hydrogen-bond donors (Lipinski definition) is 0. The maximum atomic E-state index is 8.98. The van der Waals surface area contributed by atoms with E-state index in [0.717, 1.165) is 17.7 Å². The predicted octanol–water partition coefficient (Wildman–Crippen LogP) is 2.79. The molecule has 0 aliphatic heterocycles. The van der Waals surface area contributed by atoms with E-state index in [0.29, 0.717) is 5.54 Å². The van der Waals surface area contributed by atoms with Gasteiger partial charge in [-0.25, -0.2) is 0 Å². The van der Waals surface area contributed by atoms with Gasteiger partial charge in [0.15, 0.2) is 0 Å². The SMILES string of the molecule is Cc1cc(N(C)CC2(N(C)C)CCC2)ccc1C#N. The third-order valence-corrected chi connectivity index (χ3v) is 4.54. The molecule has 1 saturated carbocycles. The van der Waals surface area contributed by atoms with Crippen LogP contribution in [0.2, 0.25) is 0 Å². The molecule has 0 radical (unpaired) electrons. The van der Waals surface area contributed by atoms with Crippen LogP contribution in [0.5, 0.6) is 0 Å². The Morgan fingerprint density at radius 3 is 2.37 bits per heavy atom. The van der Waals surface area contributed by atoms with Gasteiger partial charge in [0.1, 0.15) is 0 Å². The quantitative estimate of drug-likeness (QED) is 0.831. The van der Waals surface area contributed by atoms with Gasteiger partial charge in [0.2, 0.25) is 0 Å². The fraction of sp³-hybridized carbons (Fsp3) is 0.562. The van der Waals surface area contributed by atoms with Gasteiger partial charge in [0, 0.05) is 24.8 Å². The Labute approximate surface area is 116 Å². The minimum absolute atomic E-state index is 0.330. The molecular formula is C16H23N3. The van der Waals surface area contributed by atoms with E-state index in [1.54, 1.807) is 0 Å². The number of benzene rings is 1. The molecule has 102 valence electrons. The van der Waals surface area contributed by atoms with Gasteiger partial charge in [-0.2, -0.15) is 5.26 Å². The van der Waals surface area contributed by atoms with Crippen LogP contribution in [0.3, 0.4) is 0 Å². The number of hydrogen-bond acceptors (Lipinski definition) is 3. The van der Waals surface area contributed by atoms with Gasteiger partial charge in [0.25, 0.3) is 0 Å². The van der Waals surface area contributed by atoms with Crippen LogP contribution in [0.25, 0.3) is 0 Å². The van der Waals surface area contributed by atoms with Crippen LogP contribution < -0.4 is 4.90 Å². The maximum absolute atomic E-state index is 8.98. The van der Waals surface area contributed by atoms with Crippen molar-refractivity contribution in [3.05, 3.63) is 29.3 Å². The first-order chi connectivity index (χ1) is 8.98. The van der Waals surface area contributed by atoms with Gasteiger partial charge in [-0.1, -0.05) is 0 Å². The zero-order valence-electron chi connectivity index (χ0n) is 12.4. The number of likely N-dealkylation sites (N-methyl/N-ethyl adjacent to an activating group) is 2. The Hall–Kier alpha value is -1.53. The number of nitriles is 1.